The molecular formula is C18H8B2N4O4. The van der Waals surface area contributed by atoms with Gasteiger partial charge in [0.2, 0.25) is 0 Å². The lowest BCUT2D eigenvalue weighted by atomic mass is 9.49. The predicted molar refractivity (Wildman–Crippen MR) is 96.4 cm³/mol. The standard InChI is InChI=1S/C12H8B2O4.C6N4/c1-2-6-10-9(5-1)15-13(16-10)14-17-11-7-3-4-8-12(11)18-14;7-1-5(2-8)6(3-9)4-10/h1-8H;. The average molecular weight is 366 g/mol. The number of nitriles is 4. The lowest BCUT2D eigenvalue weighted by Gasteiger charge is -2.06. The number of benzene rings is 2. The Balaban J connectivity index is 0.000000195. The first-order valence-electron chi connectivity index (χ1n) is 7.89. The first-order valence-corrected chi connectivity index (χ1v) is 7.89. The summed E-state index contributed by atoms with van der Waals surface area (Å²) in [6.45, 7) is 0. The number of para-hydroxylation sites is 4. The molecule has 2 aliphatic rings. The summed E-state index contributed by atoms with van der Waals surface area (Å²) in [4.78, 5) is 0. The van der Waals surface area contributed by atoms with Crippen LogP contribution in [0, 0.1) is 45.3 Å². The highest BCUT2D eigenvalue weighted by Gasteiger charge is 2.54. The molecule has 0 atom stereocenters. The Labute approximate surface area is 161 Å². The topological polar surface area (TPSA) is 132 Å². The molecule has 0 saturated heterocycles. The Bertz CT molecular complexity index is 939. The van der Waals surface area contributed by atoms with E-state index in [2.05, 4.69) is 0 Å². The van der Waals surface area contributed by atoms with Crippen molar-refractivity contribution < 1.29 is 18.6 Å². The Morgan fingerprint density at radius 2 is 0.786 bits per heavy atom. The molecule has 0 unspecified atom stereocenters. The molecule has 0 aliphatic carbocycles. The molecule has 0 bridgehead atoms. The Morgan fingerprint density at radius 1 is 0.536 bits per heavy atom. The zero-order chi connectivity index (χ0) is 19.9. The summed E-state index contributed by atoms with van der Waals surface area (Å²) in [6.07, 6.45) is 0. The summed E-state index contributed by atoms with van der Waals surface area (Å²) in [5, 5.41) is 32.5. The van der Waals surface area contributed by atoms with E-state index in [1.165, 1.54) is 24.3 Å². The molecule has 0 spiro atoms. The molecule has 0 saturated carbocycles. The molecule has 2 aliphatic heterocycles. The average Bonchev–Trinajstić information content (AvgIpc) is 3.36. The zero-order valence-corrected chi connectivity index (χ0v) is 14.2. The fourth-order valence-electron chi connectivity index (χ4n) is 2.33. The number of nitrogens with zero attached hydrogens (tertiary/aromatic N) is 4. The van der Waals surface area contributed by atoms with Gasteiger partial charge in [0.25, 0.3) is 0 Å². The van der Waals surface area contributed by atoms with Crippen molar-refractivity contribution in [2.24, 2.45) is 0 Å². The maximum atomic E-state index is 8.13. The van der Waals surface area contributed by atoms with Crippen LogP contribution in [-0.4, -0.2) is 14.0 Å². The van der Waals surface area contributed by atoms with Gasteiger partial charge in [-0.05, 0) is 24.3 Å². The first-order chi connectivity index (χ1) is 13.7. The second kappa shape index (κ2) is 8.23. The van der Waals surface area contributed by atoms with Crippen LogP contribution >= 0.6 is 0 Å². The Kier molecular flexibility index (Phi) is 5.37. The fourth-order valence-corrected chi connectivity index (χ4v) is 2.33. The van der Waals surface area contributed by atoms with E-state index in [9.17, 15) is 0 Å². The molecule has 28 heavy (non-hydrogen) atoms. The molecule has 10 heteroatoms. The van der Waals surface area contributed by atoms with Crippen LogP contribution in [0.5, 0.6) is 23.0 Å². The monoisotopic (exact) mass is 366 g/mol. The summed E-state index contributed by atoms with van der Waals surface area (Å²) in [6, 6.07) is 20.7. The molecule has 4 rings (SSSR count). The molecule has 0 fully saturated rings. The minimum Gasteiger partial charge on any atom is -0.524 e. The van der Waals surface area contributed by atoms with E-state index >= 15 is 0 Å². The van der Waals surface area contributed by atoms with E-state index in [4.69, 9.17) is 39.7 Å². The van der Waals surface area contributed by atoms with Gasteiger partial charge in [0.05, 0.1) is 0 Å². The minimum atomic E-state index is -0.574. The number of allylic oxidation sites excluding steroid dienone is 2. The van der Waals surface area contributed by atoms with Crippen molar-refractivity contribution in [2.75, 3.05) is 0 Å². The molecule has 2 aromatic rings. The molecule has 8 nitrogen and oxygen atoms in total. The number of hydrogen-bond acceptors (Lipinski definition) is 8. The van der Waals surface area contributed by atoms with Gasteiger partial charge in [-0.3, -0.25) is 0 Å². The van der Waals surface area contributed by atoms with Gasteiger partial charge in [-0.25, -0.2) is 0 Å². The van der Waals surface area contributed by atoms with Gasteiger partial charge in [-0.1, -0.05) is 24.3 Å². The van der Waals surface area contributed by atoms with Crippen molar-refractivity contribution in [1.82, 2.24) is 0 Å². The quantitative estimate of drug-likeness (QED) is 0.555. The number of hydrogen-bond donors (Lipinski definition) is 0. The summed E-state index contributed by atoms with van der Waals surface area (Å²) >= 11 is 0. The van der Waals surface area contributed by atoms with Gasteiger partial charge in [0.15, 0.2) is 11.1 Å². The van der Waals surface area contributed by atoms with Crippen LogP contribution in [0.2, 0.25) is 0 Å². The van der Waals surface area contributed by atoms with Crippen molar-refractivity contribution in [3.8, 4) is 47.3 Å². The molecule has 2 heterocycles. The summed E-state index contributed by atoms with van der Waals surface area (Å²) in [5.41, 5.74) is -0.880. The Morgan fingerprint density at radius 3 is 1.00 bits per heavy atom. The maximum Gasteiger partial charge on any atom is 0.658 e. The highest BCUT2D eigenvalue weighted by atomic mass is 16.7. The lowest BCUT2D eigenvalue weighted by Crippen LogP contribution is -2.49. The zero-order valence-electron chi connectivity index (χ0n) is 14.2. The lowest BCUT2D eigenvalue weighted by molar-refractivity contribution is 0.464. The van der Waals surface area contributed by atoms with Gasteiger partial charge in [-0.2, -0.15) is 21.0 Å². The third kappa shape index (κ3) is 3.68. The van der Waals surface area contributed by atoms with E-state index in [-0.39, 0.29) is 0 Å². The SMILES string of the molecule is N#CC(C#N)=C(C#N)C#N.c1ccc2c(c1)OB(B1Oc3ccccc3O1)O2. The van der Waals surface area contributed by atoms with E-state index in [1.807, 2.05) is 48.5 Å². The van der Waals surface area contributed by atoms with Crippen molar-refractivity contribution >= 4 is 14.0 Å². The van der Waals surface area contributed by atoms with Crippen molar-refractivity contribution in [2.45, 2.75) is 0 Å². The van der Waals surface area contributed by atoms with E-state index in [0.29, 0.717) is 23.0 Å². The normalized spacial score (nSPS) is 11.7. The van der Waals surface area contributed by atoms with E-state index in [0.717, 1.165) is 0 Å². The minimum absolute atomic E-state index is 0.440. The third-order valence-electron chi connectivity index (χ3n) is 3.59. The van der Waals surface area contributed by atoms with Crippen LogP contribution in [0.1, 0.15) is 0 Å². The smallest absolute Gasteiger partial charge is 0.524 e. The molecule has 130 valence electrons. The molecule has 0 radical (unpaired) electrons. The summed E-state index contributed by atoms with van der Waals surface area (Å²) < 4.78 is 22.6. The number of fused-ring (bicyclic) bond motifs is 2. The van der Waals surface area contributed by atoms with Gasteiger partial charge >= 0.3 is 14.0 Å². The van der Waals surface area contributed by atoms with Crippen molar-refractivity contribution in [3.05, 3.63) is 59.7 Å². The summed E-state index contributed by atoms with van der Waals surface area (Å²) in [5.74, 6) is 2.85. The molecule has 0 aromatic heterocycles. The molecular weight excluding hydrogens is 358 g/mol. The van der Waals surface area contributed by atoms with Crippen LogP contribution < -0.4 is 18.6 Å². The fraction of sp³-hybridized carbons (Fsp3) is 0. The first kappa shape index (κ1) is 18.3. The van der Waals surface area contributed by atoms with Crippen molar-refractivity contribution in [1.29, 1.82) is 21.0 Å². The summed E-state index contributed by atoms with van der Waals surface area (Å²) in [7, 11) is -1.15. The van der Waals surface area contributed by atoms with Crippen LogP contribution in [0.25, 0.3) is 0 Å². The maximum absolute atomic E-state index is 8.13. The second-order valence-electron chi connectivity index (χ2n) is 5.30. The van der Waals surface area contributed by atoms with Crippen LogP contribution in [-0.2, 0) is 0 Å². The van der Waals surface area contributed by atoms with Gasteiger partial charge in [-0.15, -0.1) is 0 Å². The third-order valence-corrected chi connectivity index (χ3v) is 3.59. The van der Waals surface area contributed by atoms with E-state index < -0.39 is 25.2 Å². The van der Waals surface area contributed by atoms with Gasteiger partial charge < -0.3 is 18.6 Å². The second-order valence-corrected chi connectivity index (χ2v) is 5.30. The van der Waals surface area contributed by atoms with Crippen molar-refractivity contribution in [3.63, 3.8) is 0 Å². The largest absolute Gasteiger partial charge is 0.658 e. The molecule has 0 N–H and O–H groups in total. The highest BCUT2D eigenvalue weighted by Crippen LogP contribution is 2.37. The molecule has 0 amide bonds. The number of rotatable bonds is 1. The van der Waals surface area contributed by atoms with E-state index in [1.54, 1.807) is 0 Å². The molecule has 2 aromatic carbocycles. The predicted octanol–water partition coefficient (Wildman–Crippen LogP) is 2.36. The van der Waals surface area contributed by atoms with Gasteiger partial charge in [0, 0.05) is 0 Å². The van der Waals surface area contributed by atoms with Crippen LogP contribution in [0.15, 0.2) is 59.7 Å². The Hall–Kier alpha value is -4.53. The van der Waals surface area contributed by atoms with Gasteiger partial charge in [0.1, 0.15) is 47.3 Å². The van der Waals surface area contributed by atoms with Crippen LogP contribution in [0.3, 0.4) is 0 Å². The highest BCUT2D eigenvalue weighted by molar-refractivity contribution is 7.12. The van der Waals surface area contributed by atoms with Crippen LogP contribution in [0.4, 0.5) is 0 Å².